The number of nitrogens with one attached hydrogen (secondary N) is 1. The van der Waals surface area contributed by atoms with Gasteiger partial charge in [-0.1, -0.05) is 0 Å². The summed E-state index contributed by atoms with van der Waals surface area (Å²) in [5.74, 6) is -1.84. The number of tetrazole rings is 1. The smallest absolute Gasteiger partial charge is 0.416 e. The van der Waals surface area contributed by atoms with Crippen LogP contribution in [-0.4, -0.2) is 43.6 Å². The van der Waals surface area contributed by atoms with Gasteiger partial charge in [0.1, 0.15) is 18.6 Å². The number of nitro groups is 1. The van der Waals surface area contributed by atoms with Crippen LogP contribution in [-0.2, 0) is 27.0 Å². The van der Waals surface area contributed by atoms with Crippen LogP contribution < -0.4 is 5.32 Å². The van der Waals surface area contributed by atoms with Crippen LogP contribution in [0, 0.1) is 10.1 Å². The van der Waals surface area contributed by atoms with E-state index in [1.165, 1.54) is 0 Å². The minimum atomic E-state index is -4.78. The van der Waals surface area contributed by atoms with Gasteiger partial charge in [-0.05, 0) is 22.6 Å². The van der Waals surface area contributed by atoms with E-state index in [0.29, 0.717) is 12.1 Å². The Hall–Kier alpha value is -3.58. The number of ether oxygens (including phenoxy) is 1. The normalized spacial score (nSPS) is 11.0. The van der Waals surface area contributed by atoms with E-state index in [1.807, 2.05) is 5.32 Å². The number of benzene rings is 1. The van der Waals surface area contributed by atoms with E-state index in [0.717, 1.165) is 17.1 Å². The highest BCUT2D eigenvalue weighted by atomic mass is 19.4. The summed E-state index contributed by atoms with van der Waals surface area (Å²) < 4.78 is 43.5. The Bertz CT molecular complexity index is 823. The van der Waals surface area contributed by atoms with Crippen molar-refractivity contribution in [2.45, 2.75) is 12.7 Å². The number of amides is 1. The molecule has 0 saturated heterocycles. The van der Waals surface area contributed by atoms with Gasteiger partial charge in [-0.3, -0.25) is 19.7 Å². The Morgan fingerprint density at radius 3 is 2.65 bits per heavy atom. The number of halogens is 3. The number of hydrogen-bond acceptors (Lipinski definition) is 8. The predicted octanol–water partition coefficient (Wildman–Crippen LogP) is 0.782. The monoisotopic (exact) mass is 374 g/mol. The first-order chi connectivity index (χ1) is 12.2. The summed E-state index contributed by atoms with van der Waals surface area (Å²) >= 11 is 0. The molecule has 0 saturated carbocycles. The van der Waals surface area contributed by atoms with E-state index < -0.39 is 46.5 Å². The standard InChI is InChI=1S/C12H9F3N6O5/c13-12(14,15)7-1-2-8(9(3-7)21(24)25)17-10(22)5-26-11(23)4-20-6-16-18-19-20/h1-3,6H,4-5H2,(H,17,22). The second-order valence-electron chi connectivity index (χ2n) is 4.70. The van der Waals surface area contributed by atoms with Crippen molar-refractivity contribution >= 4 is 23.3 Å². The van der Waals surface area contributed by atoms with Crippen LogP contribution in [0.15, 0.2) is 24.5 Å². The van der Waals surface area contributed by atoms with Gasteiger partial charge in [-0.25, -0.2) is 4.68 Å². The molecule has 1 amide bonds. The fourth-order valence-corrected chi connectivity index (χ4v) is 1.73. The van der Waals surface area contributed by atoms with Gasteiger partial charge >= 0.3 is 12.1 Å². The van der Waals surface area contributed by atoms with Crippen molar-refractivity contribution in [2.24, 2.45) is 0 Å². The maximum Gasteiger partial charge on any atom is 0.416 e. The minimum absolute atomic E-state index is 0.291. The summed E-state index contributed by atoms with van der Waals surface area (Å²) in [6.45, 7) is -1.18. The Morgan fingerprint density at radius 2 is 2.08 bits per heavy atom. The van der Waals surface area contributed by atoms with Crippen LogP contribution >= 0.6 is 0 Å². The molecule has 138 valence electrons. The lowest BCUT2D eigenvalue weighted by Gasteiger charge is -2.10. The molecule has 0 bridgehead atoms. The number of nitro benzene ring substituents is 1. The number of alkyl halides is 3. The number of aromatic nitrogens is 4. The topological polar surface area (TPSA) is 142 Å². The lowest BCUT2D eigenvalue weighted by atomic mass is 10.1. The maximum absolute atomic E-state index is 12.6. The van der Waals surface area contributed by atoms with Gasteiger partial charge in [0.25, 0.3) is 11.6 Å². The third-order valence-electron chi connectivity index (χ3n) is 2.84. The molecular weight excluding hydrogens is 365 g/mol. The Labute approximate surface area is 141 Å². The van der Waals surface area contributed by atoms with E-state index in [9.17, 15) is 32.9 Å². The molecule has 26 heavy (non-hydrogen) atoms. The van der Waals surface area contributed by atoms with Crippen LogP contribution in [0.4, 0.5) is 24.5 Å². The van der Waals surface area contributed by atoms with Crippen LogP contribution in [0.5, 0.6) is 0 Å². The van der Waals surface area contributed by atoms with Gasteiger partial charge in [0.2, 0.25) is 0 Å². The molecule has 0 fully saturated rings. The summed E-state index contributed by atoms with van der Waals surface area (Å²) in [5, 5.41) is 22.9. The van der Waals surface area contributed by atoms with Crippen molar-refractivity contribution in [2.75, 3.05) is 11.9 Å². The summed E-state index contributed by atoms with van der Waals surface area (Å²) in [7, 11) is 0. The van der Waals surface area contributed by atoms with Crippen molar-refractivity contribution in [1.29, 1.82) is 0 Å². The van der Waals surface area contributed by atoms with Crippen molar-refractivity contribution in [3.05, 3.63) is 40.2 Å². The first kappa shape index (κ1) is 18.8. The molecule has 14 heteroatoms. The van der Waals surface area contributed by atoms with Crippen LogP contribution in [0.2, 0.25) is 0 Å². The Morgan fingerprint density at radius 1 is 1.35 bits per heavy atom. The number of anilines is 1. The summed E-state index contributed by atoms with van der Waals surface area (Å²) in [6, 6.07) is 1.60. The van der Waals surface area contributed by atoms with Crippen LogP contribution in [0.1, 0.15) is 5.56 Å². The summed E-state index contributed by atoms with van der Waals surface area (Å²) in [6.07, 6.45) is -3.65. The molecule has 0 aliphatic heterocycles. The number of carbonyl (C=O) groups is 2. The molecule has 0 spiro atoms. The van der Waals surface area contributed by atoms with Gasteiger partial charge in [-0.15, -0.1) is 5.10 Å². The molecule has 1 aromatic carbocycles. The first-order valence-corrected chi connectivity index (χ1v) is 6.68. The zero-order valence-corrected chi connectivity index (χ0v) is 12.6. The third kappa shape index (κ3) is 4.96. The van der Waals surface area contributed by atoms with Gasteiger partial charge in [0.15, 0.2) is 6.61 Å². The predicted molar refractivity (Wildman–Crippen MR) is 75.5 cm³/mol. The Balaban J connectivity index is 1.99. The molecule has 1 N–H and O–H groups in total. The van der Waals surface area contributed by atoms with Crippen molar-refractivity contribution < 1.29 is 32.4 Å². The van der Waals surface area contributed by atoms with E-state index in [-0.39, 0.29) is 6.54 Å². The molecule has 0 unspecified atom stereocenters. The van der Waals surface area contributed by atoms with Gasteiger partial charge in [0.05, 0.1) is 10.5 Å². The largest absolute Gasteiger partial charge is 0.454 e. The number of hydrogen-bond donors (Lipinski definition) is 1. The molecule has 1 aromatic heterocycles. The quantitative estimate of drug-likeness (QED) is 0.444. The van der Waals surface area contributed by atoms with Crippen LogP contribution in [0.25, 0.3) is 0 Å². The van der Waals surface area contributed by atoms with E-state index in [4.69, 9.17) is 0 Å². The number of carbonyl (C=O) groups excluding carboxylic acids is 2. The molecule has 0 aliphatic rings. The first-order valence-electron chi connectivity index (χ1n) is 6.68. The summed E-state index contributed by atoms with van der Waals surface area (Å²) in [4.78, 5) is 33.0. The molecule has 2 aromatic rings. The van der Waals surface area contributed by atoms with Crippen molar-refractivity contribution in [3.8, 4) is 0 Å². The highest BCUT2D eigenvalue weighted by molar-refractivity contribution is 5.94. The molecule has 0 radical (unpaired) electrons. The molecule has 2 rings (SSSR count). The molecule has 1 heterocycles. The molecule has 0 aliphatic carbocycles. The van der Waals surface area contributed by atoms with Gasteiger partial charge < -0.3 is 10.1 Å². The molecule has 0 atom stereocenters. The van der Waals surface area contributed by atoms with Crippen molar-refractivity contribution in [3.63, 3.8) is 0 Å². The van der Waals surface area contributed by atoms with Gasteiger partial charge in [-0.2, -0.15) is 13.2 Å². The van der Waals surface area contributed by atoms with E-state index >= 15 is 0 Å². The maximum atomic E-state index is 12.6. The van der Waals surface area contributed by atoms with Crippen molar-refractivity contribution in [1.82, 2.24) is 20.2 Å². The zero-order chi connectivity index (χ0) is 19.3. The van der Waals surface area contributed by atoms with Gasteiger partial charge in [0, 0.05) is 6.07 Å². The number of rotatable bonds is 6. The van der Waals surface area contributed by atoms with Crippen LogP contribution in [0.3, 0.4) is 0 Å². The second kappa shape index (κ2) is 7.54. The highest BCUT2D eigenvalue weighted by Gasteiger charge is 2.33. The average molecular weight is 374 g/mol. The van der Waals surface area contributed by atoms with E-state index in [2.05, 4.69) is 20.3 Å². The lowest BCUT2D eigenvalue weighted by Crippen LogP contribution is -2.23. The molecular formula is C12H9F3N6O5. The lowest BCUT2D eigenvalue weighted by molar-refractivity contribution is -0.384. The summed E-state index contributed by atoms with van der Waals surface area (Å²) in [5.41, 5.74) is -2.66. The fraction of sp³-hybridized carbons (Fsp3) is 0.250. The number of esters is 1. The zero-order valence-electron chi connectivity index (χ0n) is 12.6. The minimum Gasteiger partial charge on any atom is -0.454 e. The highest BCUT2D eigenvalue weighted by Crippen LogP contribution is 2.34. The average Bonchev–Trinajstić information content (AvgIpc) is 3.05. The fourth-order valence-electron chi connectivity index (χ4n) is 1.73. The second-order valence-corrected chi connectivity index (χ2v) is 4.70. The third-order valence-corrected chi connectivity index (χ3v) is 2.84. The number of nitrogens with zero attached hydrogens (tertiary/aromatic N) is 5. The van der Waals surface area contributed by atoms with E-state index in [1.54, 1.807) is 0 Å². The molecule has 11 nitrogen and oxygen atoms in total. The SMILES string of the molecule is O=C(COC(=O)Cn1cnnn1)Nc1ccc(C(F)(F)F)cc1[N+](=O)[O-]. The Kier molecular flexibility index (Phi) is 5.44.